The number of aliphatic carboxylic acids is 1. The van der Waals surface area contributed by atoms with E-state index >= 15 is 0 Å². The maximum Gasteiger partial charge on any atom is 0.335 e. The molecule has 5 atom stereocenters. The molecule has 0 unspecified atom stereocenters. The van der Waals surface area contributed by atoms with E-state index in [1.807, 2.05) is 0 Å². The van der Waals surface area contributed by atoms with Gasteiger partial charge in [0.05, 0.1) is 7.11 Å². The van der Waals surface area contributed by atoms with Crippen molar-refractivity contribution >= 4 is 16.9 Å². The molecule has 11 nitrogen and oxygen atoms in total. The Bertz CT molecular complexity index is 1240. The molecule has 1 aliphatic rings. The predicted molar refractivity (Wildman–Crippen MR) is 111 cm³/mol. The summed E-state index contributed by atoms with van der Waals surface area (Å²) in [6.45, 7) is 0. The van der Waals surface area contributed by atoms with E-state index in [9.17, 15) is 35.1 Å². The fourth-order valence-corrected chi connectivity index (χ4v) is 3.57. The molecule has 1 saturated heterocycles. The van der Waals surface area contributed by atoms with Crippen molar-refractivity contribution in [1.29, 1.82) is 0 Å². The molecule has 33 heavy (non-hydrogen) atoms. The van der Waals surface area contributed by atoms with E-state index < -0.39 is 47.9 Å². The molecule has 1 aromatic heterocycles. The minimum absolute atomic E-state index is 0.152. The van der Waals surface area contributed by atoms with E-state index in [1.54, 1.807) is 30.3 Å². The summed E-state index contributed by atoms with van der Waals surface area (Å²) in [4.78, 5) is 24.0. The molecule has 0 amide bonds. The van der Waals surface area contributed by atoms with Gasteiger partial charge in [-0.25, -0.2) is 4.79 Å². The second kappa shape index (κ2) is 8.71. The van der Waals surface area contributed by atoms with Gasteiger partial charge in [0.25, 0.3) is 0 Å². The molecule has 3 aromatic rings. The summed E-state index contributed by atoms with van der Waals surface area (Å²) in [7, 11) is 1.24. The van der Waals surface area contributed by atoms with Gasteiger partial charge in [0, 0.05) is 17.7 Å². The van der Waals surface area contributed by atoms with Crippen LogP contribution in [0, 0.1) is 0 Å². The van der Waals surface area contributed by atoms with Crippen LogP contribution in [0.15, 0.2) is 51.7 Å². The number of hydrogen-bond donors (Lipinski definition) is 5. The van der Waals surface area contributed by atoms with E-state index in [4.69, 9.17) is 18.6 Å². The minimum Gasteiger partial charge on any atom is -0.507 e. The first-order valence-corrected chi connectivity index (χ1v) is 9.75. The molecule has 0 aliphatic carbocycles. The minimum atomic E-state index is -1.91. The highest BCUT2D eigenvalue weighted by atomic mass is 16.7. The zero-order valence-electron chi connectivity index (χ0n) is 17.1. The van der Waals surface area contributed by atoms with Gasteiger partial charge in [-0.1, -0.05) is 30.3 Å². The van der Waals surface area contributed by atoms with Crippen molar-refractivity contribution in [3.8, 4) is 28.6 Å². The second-order valence-corrected chi connectivity index (χ2v) is 7.33. The molecule has 0 radical (unpaired) electrons. The summed E-state index contributed by atoms with van der Waals surface area (Å²) in [5.41, 5.74) is -0.146. The Morgan fingerprint density at radius 3 is 2.36 bits per heavy atom. The molecule has 11 heteroatoms. The number of aliphatic hydroxyl groups is 3. The summed E-state index contributed by atoms with van der Waals surface area (Å²) >= 11 is 0. The van der Waals surface area contributed by atoms with E-state index in [0.29, 0.717) is 5.56 Å². The number of rotatable bonds is 5. The molecule has 0 saturated carbocycles. The maximum absolute atomic E-state index is 12.7. The number of methoxy groups -OCH3 is 1. The third kappa shape index (κ3) is 3.98. The number of phenolic OH excluding ortho intramolecular Hbond substituents is 1. The van der Waals surface area contributed by atoms with Gasteiger partial charge in [-0.2, -0.15) is 0 Å². The Morgan fingerprint density at radius 2 is 1.73 bits per heavy atom. The van der Waals surface area contributed by atoms with Gasteiger partial charge < -0.3 is 44.2 Å². The monoisotopic (exact) mass is 460 g/mol. The molecule has 4 rings (SSSR count). The Kier molecular flexibility index (Phi) is 5.95. The smallest absolute Gasteiger partial charge is 0.335 e. The number of aromatic hydroxyl groups is 1. The molecule has 174 valence electrons. The topological polar surface area (TPSA) is 176 Å². The molecular weight excluding hydrogens is 440 g/mol. The summed E-state index contributed by atoms with van der Waals surface area (Å²) in [6, 6.07) is 10.9. The summed E-state index contributed by atoms with van der Waals surface area (Å²) in [5.74, 6) is -2.36. The van der Waals surface area contributed by atoms with Crippen LogP contribution in [0.25, 0.3) is 22.3 Å². The van der Waals surface area contributed by atoms with Crippen LogP contribution in [0.2, 0.25) is 0 Å². The van der Waals surface area contributed by atoms with E-state index in [0.717, 1.165) is 6.07 Å². The molecule has 0 bridgehead atoms. The van der Waals surface area contributed by atoms with Gasteiger partial charge in [-0.3, -0.25) is 4.79 Å². The van der Waals surface area contributed by atoms with E-state index in [1.165, 1.54) is 13.2 Å². The number of carboxylic acids is 1. The number of benzene rings is 2. The Balaban J connectivity index is 1.81. The molecule has 0 spiro atoms. The number of fused-ring (bicyclic) bond motifs is 1. The van der Waals surface area contributed by atoms with Crippen LogP contribution in [0.5, 0.6) is 17.2 Å². The number of ether oxygens (including phenoxy) is 3. The lowest BCUT2D eigenvalue weighted by molar-refractivity contribution is -0.271. The van der Waals surface area contributed by atoms with Crippen molar-refractivity contribution < 1.29 is 49.0 Å². The lowest BCUT2D eigenvalue weighted by Crippen LogP contribution is -2.61. The van der Waals surface area contributed by atoms with Crippen molar-refractivity contribution in [3.05, 3.63) is 52.7 Å². The van der Waals surface area contributed by atoms with Crippen molar-refractivity contribution in [1.82, 2.24) is 0 Å². The number of carbonyl (C=O) groups is 1. The highest BCUT2D eigenvalue weighted by molar-refractivity contribution is 5.91. The standard InChI is InChI=1S/C22H20O11/c1-30-18-13(32-22-17(27)15(25)16(26)20(33-22)21(28)29)8-11(24)14-10(23)7-12(31-19(14)18)9-5-3-2-4-6-9/h2-8,15-17,20,22,24-27H,1H3,(H,28,29)/t15-,16+,17-,20+,22+/m1/s1. The van der Waals surface area contributed by atoms with Crippen LogP contribution < -0.4 is 14.9 Å². The number of phenols is 1. The van der Waals surface area contributed by atoms with Gasteiger partial charge in [-0.15, -0.1) is 0 Å². The van der Waals surface area contributed by atoms with Crippen LogP contribution >= 0.6 is 0 Å². The Morgan fingerprint density at radius 1 is 1.03 bits per heavy atom. The predicted octanol–water partition coefficient (Wildman–Crippen LogP) is 0.445. The SMILES string of the molecule is COc1c(O[C@H]2O[C@H](C(=O)O)[C@@H](O)[C@@H](O)[C@H]2O)cc(O)c2c(=O)cc(-c3ccccc3)oc12. The molecule has 1 fully saturated rings. The van der Waals surface area contributed by atoms with Gasteiger partial charge >= 0.3 is 5.97 Å². The molecule has 2 heterocycles. The number of carboxylic acid groups (broad SMARTS) is 1. The zero-order valence-corrected chi connectivity index (χ0v) is 17.1. The van der Waals surface area contributed by atoms with Crippen molar-refractivity contribution in [3.63, 3.8) is 0 Å². The van der Waals surface area contributed by atoms with Gasteiger partial charge in [0.2, 0.25) is 12.0 Å². The third-order valence-corrected chi connectivity index (χ3v) is 5.22. The number of hydrogen-bond acceptors (Lipinski definition) is 10. The average molecular weight is 460 g/mol. The average Bonchev–Trinajstić information content (AvgIpc) is 2.79. The lowest BCUT2D eigenvalue weighted by atomic mass is 9.99. The van der Waals surface area contributed by atoms with Crippen LogP contribution in [0.4, 0.5) is 0 Å². The second-order valence-electron chi connectivity index (χ2n) is 7.33. The zero-order chi connectivity index (χ0) is 23.9. The van der Waals surface area contributed by atoms with E-state index in [-0.39, 0.29) is 28.2 Å². The third-order valence-electron chi connectivity index (χ3n) is 5.22. The van der Waals surface area contributed by atoms with Crippen molar-refractivity contribution in [2.45, 2.75) is 30.7 Å². The van der Waals surface area contributed by atoms with Gasteiger partial charge in [0.1, 0.15) is 35.2 Å². The van der Waals surface area contributed by atoms with Gasteiger partial charge in [-0.05, 0) is 0 Å². The van der Waals surface area contributed by atoms with Crippen molar-refractivity contribution in [2.24, 2.45) is 0 Å². The van der Waals surface area contributed by atoms with Gasteiger partial charge in [0.15, 0.2) is 22.9 Å². The Hall–Kier alpha value is -3.64. The fraction of sp³-hybridized carbons (Fsp3) is 0.273. The highest BCUT2D eigenvalue weighted by Gasteiger charge is 2.48. The molecular formula is C22H20O11. The van der Waals surface area contributed by atoms with Crippen molar-refractivity contribution in [2.75, 3.05) is 7.11 Å². The quantitative estimate of drug-likeness (QED) is 0.357. The molecule has 2 aromatic carbocycles. The largest absolute Gasteiger partial charge is 0.507 e. The van der Waals surface area contributed by atoms with Crippen LogP contribution in [-0.2, 0) is 9.53 Å². The summed E-state index contributed by atoms with van der Waals surface area (Å²) in [6.07, 6.45) is -9.31. The normalized spacial score (nSPS) is 25.0. The van der Waals surface area contributed by atoms with E-state index in [2.05, 4.69) is 0 Å². The summed E-state index contributed by atoms with van der Waals surface area (Å²) in [5, 5.41) is 49.5. The number of aliphatic hydroxyl groups excluding tert-OH is 3. The molecule has 5 N–H and O–H groups in total. The Labute approximate surface area is 185 Å². The fourth-order valence-electron chi connectivity index (χ4n) is 3.57. The van der Waals surface area contributed by atoms with Crippen LogP contribution in [0.1, 0.15) is 0 Å². The van der Waals surface area contributed by atoms with Crippen LogP contribution in [-0.4, -0.2) is 69.3 Å². The lowest BCUT2D eigenvalue weighted by Gasteiger charge is -2.38. The maximum atomic E-state index is 12.7. The first-order valence-electron chi connectivity index (χ1n) is 9.75. The highest BCUT2D eigenvalue weighted by Crippen LogP contribution is 2.42. The summed E-state index contributed by atoms with van der Waals surface area (Å²) < 4.78 is 21.8. The molecule has 1 aliphatic heterocycles. The van der Waals surface area contributed by atoms with Crippen LogP contribution in [0.3, 0.4) is 0 Å². The first kappa shape index (κ1) is 22.6. The first-order chi connectivity index (χ1) is 15.7.